The highest BCUT2D eigenvalue weighted by Crippen LogP contribution is 2.29. The standard InChI is InChI=1S/C18H20F3N3O3/c1-22(10-12-6-8-13(9-7-12)18(19,20)21)11-23-15(25)16(26)24(17(23)27)14-4-2-3-5-14/h6-9,14H,2-5,10-11H2,1H3/p+1. The Morgan fingerprint density at radius 1 is 1.04 bits per heavy atom. The van der Waals surface area contributed by atoms with Crippen LogP contribution in [0.15, 0.2) is 24.3 Å². The SMILES string of the molecule is C[NH+](Cc1ccc(C(F)(F)F)cc1)CN1C(=O)C(=O)N(C2CCCC2)C1=O. The average molecular weight is 384 g/mol. The zero-order chi connectivity index (χ0) is 19.8. The Morgan fingerprint density at radius 3 is 2.19 bits per heavy atom. The van der Waals surface area contributed by atoms with Crippen LogP contribution in [-0.2, 0) is 22.3 Å². The van der Waals surface area contributed by atoms with Crippen molar-refractivity contribution < 1.29 is 32.5 Å². The number of alkyl halides is 3. The summed E-state index contributed by atoms with van der Waals surface area (Å²) in [6.45, 7) is 0.292. The van der Waals surface area contributed by atoms with E-state index in [4.69, 9.17) is 0 Å². The minimum atomic E-state index is -4.39. The fourth-order valence-electron chi connectivity index (χ4n) is 3.63. The number of hydrogen-bond acceptors (Lipinski definition) is 3. The van der Waals surface area contributed by atoms with E-state index in [2.05, 4.69) is 0 Å². The second-order valence-electron chi connectivity index (χ2n) is 7.12. The van der Waals surface area contributed by atoms with Crippen LogP contribution in [-0.4, -0.2) is 47.4 Å². The molecule has 1 unspecified atom stereocenters. The van der Waals surface area contributed by atoms with Crippen LogP contribution in [0.5, 0.6) is 0 Å². The lowest BCUT2D eigenvalue weighted by molar-refractivity contribution is -0.901. The summed E-state index contributed by atoms with van der Waals surface area (Å²) < 4.78 is 37.9. The van der Waals surface area contributed by atoms with E-state index in [1.165, 1.54) is 12.1 Å². The smallest absolute Gasteiger partial charge is 0.316 e. The van der Waals surface area contributed by atoms with Crippen molar-refractivity contribution >= 4 is 17.8 Å². The van der Waals surface area contributed by atoms with Crippen LogP contribution < -0.4 is 4.90 Å². The Labute approximate surface area is 154 Å². The van der Waals surface area contributed by atoms with E-state index in [1.807, 2.05) is 0 Å². The molecule has 0 aromatic heterocycles. The number of quaternary nitrogens is 1. The molecular formula is C18H21F3N3O3+. The van der Waals surface area contributed by atoms with Gasteiger partial charge in [-0.15, -0.1) is 0 Å². The molecule has 1 aromatic carbocycles. The molecule has 1 aromatic rings. The molecule has 2 fully saturated rings. The summed E-state index contributed by atoms with van der Waals surface area (Å²) in [7, 11) is 1.71. The first-order valence-electron chi connectivity index (χ1n) is 8.85. The minimum Gasteiger partial charge on any atom is -0.316 e. The van der Waals surface area contributed by atoms with Crippen molar-refractivity contribution in [3.8, 4) is 0 Å². The molecule has 27 heavy (non-hydrogen) atoms. The molecule has 6 nitrogen and oxygen atoms in total. The van der Waals surface area contributed by atoms with Crippen molar-refractivity contribution in [2.24, 2.45) is 0 Å². The van der Waals surface area contributed by atoms with Gasteiger partial charge in [-0.1, -0.05) is 25.0 Å². The molecule has 146 valence electrons. The summed E-state index contributed by atoms with van der Waals surface area (Å²) in [5.41, 5.74) is -0.0924. The van der Waals surface area contributed by atoms with Gasteiger partial charge in [0.25, 0.3) is 0 Å². The van der Waals surface area contributed by atoms with Gasteiger partial charge in [0.1, 0.15) is 6.54 Å². The molecule has 1 atom stereocenters. The van der Waals surface area contributed by atoms with Gasteiger partial charge in [0.2, 0.25) is 0 Å². The molecule has 2 aliphatic rings. The maximum absolute atomic E-state index is 12.6. The van der Waals surface area contributed by atoms with Gasteiger partial charge in [0, 0.05) is 11.6 Å². The highest BCUT2D eigenvalue weighted by atomic mass is 19.4. The summed E-state index contributed by atoms with van der Waals surface area (Å²) in [5, 5.41) is 0. The molecule has 4 amide bonds. The molecule has 1 saturated heterocycles. The topological polar surface area (TPSA) is 62.1 Å². The molecule has 1 saturated carbocycles. The molecule has 1 N–H and O–H groups in total. The minimum absolute atomic E-state index is 0.0202. The van der Waals surface area contributed by atoms with Crippen LogP contribution in [0.2, 0.25) is 0 Å². The first kappa shape index (κ1) is 19.3. The Kier molecular flexibility index (Phi) is 5.23. The highest BCUT2D eigenvalue weighted by molar-refractivity contribution is 6.44. The number of benzene rings is 1. The van der Waals surface area contributed by atoms with Crippen molar-refractivity contribution in [3.05, 3.63) is 35.4 Å². The normalized spacial score (nSPS) is 20.1. The van der Waals surface area contributed by atoms with Gasteiger partial charge < -0.3 is 4.90 Å². The van der Waals surface area contributed by atoms with Crippen molar-refractivity contribution in [1.29, 1.82) is 0 Å². The highest BCUT2D eigenvalue weighted by Gasteiger charge is 2.49. The summed E-state index contributed by atoms with van der Waals surface area (Å²) in [6, 6.07) is 3.93. The third-order valence-electron chi connectivity index (χ3n) is 4.99. The van der Waals surface area contributed by atoms with E-state index < -0.39 is 29.6 Å². The van der Waals surface area contributed by atoms with Gasteiger partial charge in [-0.25, -0.2) is 9.69 Å². The first-order chi connectivity index (χ1) is 12.7. The molecule has 3 rings (SSSR count). The van der Waals surface area contributed by atoms with Gasteiger partial charge in [-0.05, 0) is 25.0 Å². The fourth-order valence-corrected chi connectivity index (χ4v) is 3.63. The largest absolute Gasteiger partial charge is 0.416 e. The summed E-state index contributed by atoms with van der Waals surface area (Å²) in [5.74, 6) is -1.62. The number of urea groups is 1. The Hall–Kier alpha value is -2.42. The van der Waals surface area contributed by atoms with Gasteiger partial charge in [-0.2, -0.15) is 13.2 Å². The van der Waals surface area contributed by atoms with Crippen molar-refractivity contribution in [2.75, 3.05) is 13.7 Å². The number of amides is 4. The molecule has 1 heterocycles. The number of carbonyl (C=O) groups is 3. The zero-order valence-electron chi connectivity index (χ0n) is 14.9. The molecular weight excluding hydrogens is 363 g/mol. The van der Waals surface area contributed by atoms with Crippen LogP contribution >= 0.6 is 0 Å². The average Bonchev–Trinajstić information content (AvgIpc) is 3.18. The van der Waals surface area contributed by atoms with Crippen LogP contribution in [0, 0.1) is 0 Å². The van der Waals surface area contributed by atoms with Crippen LogP contribution in [0.1, 0.15) is 36.8 Å². The van der Waals surface area contributed by atoms with E-state index in [9.17, 15) is 27.6 Å². The summed E-state index contributed by atoms with van der Waals surface area (Å²) in [6.07, 6.45) is -1.11. The van der Waals surface area contributed by atoms with Gasteiger partial charge in [0.05, 0.1) is 12.6 Å². The van der Waals surface area contributed by atoms with E-state index in [-0.39, 0.29) is 12.7 Å². The molecule has 1 aliphatic heterocycles. The summed E-state index contributed by atoms with van der Waals surface area (Å²) in [4.78, 5) is 39.6. The van der Waals surface area contributed by atoms with E-state index >= 15 is 0 Å². The van der Waals surface area contributed by atoms with Crippen molar-refractivity contribution in [1.82, 2.24) is 9.80 Å². The fraction of sp³-hybridized carbons (Fsp3) is 0.500. The Balaban J connectivity index is 1.63. The van der Waals surface area contributed by atoms with Crippen LogP contribution in [0.3, 0.4) is 0 Å². The van der Waals surface area contributed by atoms with Gasteiger partial charge in [-0.3, -0.25) is 14.5 Å². The maximum Gasteiger partial charge on any atom is 0.416 e. The lowest BCUT2D eigenvalue weighted by atomic mass is 10.1. The number of halogens is 3. The number of hydrogen-bond donors (Lipinski definition) is 1. The lowest BCUT2D eigenvalue weighted by Crippen LogP contribution is -3.09. The summed E-state index contributed by atoms with van der Waals surface area (Å²) >= 11 is 0. The monoisotopic (exact) mass is 384 g/mol. The Bertz CT molecular complexity index is 742. The van der Waals surface area contributed by atoms with Crippen molar-refractivity contribution in [3.63, 3.8) is 0 Å². The predicted molar refractivity (Wildman–Crippen MR) is 88.2 cm³/mol. The maximum atomic E-state index is 12.6. The number of imide groups is 2. The third-order valence-corrected chi connectivity index (χ3v) is 4.99. The van der Waals surface area contributed by atoms with Gasteiger partial charge in [0.15, 0.2) is 6.67 Å². The first-order valence-corrected chi connectivity index (χ1v) is 8.85. The third kappa shape index (κ3) is 3.97. The number of rotatable bonds is 5. The molecule has 0 spiro atoms. The van der Waals surface area contributed by atoms with E-state index in [1.54, 1.807) is 7.05 Å². The van der Waals surface area contributed by atoms with Crippen LogP contribution in [0.4, 0.5) is 18.0 Å². The van der Waals surface area contributed by atoms with Crippen molar-refractivity contribution in [2.45, 2.75) is 44.4 Å². The van der Waals surface area contributed by atoms with E-state index in [0.29, 0.717) is 29.8 Å². The van der Waals surface area contributed by atoms with Crippen LogP contribution in [0.25, 0.3) is 0 Å². The Morgan fingerprint density at radius 2 is 1.63 bits per heavy atom. The van der Waals surface area contributed by atoms with E-state index in [0.717, 1.165) is 34.8 Å². The second kappa shape index (κ2) is 7.30. The second-order valence-corrected chi connectivity index (χ2v) is 7.12. The molecule has 1 aliphatic carbocycles. The number of nitrogens with one attached hydrogen (secondary N) is 1. The molecule has 0 bridgehead atoms. The quantitative estimate of drug-likeness (QED) is 0.617. The lowest BCUT2D eigenvalue weighted by Gasteiger charge is -2.22. The zero-order valence-corrected chi connectivity index (χ0v) is 14.9. The predicted octanol–water partition coefficient (Wildman–Crippen LogP) is 1.41. The molecule has 9 heteroatoms. The molecule has 0 radical (unpaired) electrons. The number of nitrogens with zero attached hydrogens (tertiary/aromatic N) is 2. The number of carbonyl (C=O) groups excluding carboxylic acids is 3. The van der Waals surface area contributed by atoms with Gasteiger partial charge >= 0.3 is 24.0 Å².